The molecule has 0 unspecified atom stereocenters. The maximum atomic E-state index is 2.35. The molecule has 0 aliphatic heterocycles. The average Bonchev–Trinajstić information content (AvgIpc) is 2.17. The highest BCUT2D eigenvalue weighted by Gasteiger charge is 2.17. The van der Waals surface area contributed by atoms with E-state index in [9.17, 15) is 0 Å². The van der Waals surface area contributed by atoms with Crippen molar-refractivity contribution in [1.29, 1.82) is 0 Å². The van der Waals surface area contributed by atoms with Crippen molar-refractivity contribution < 1.29 is 0 Å². The number of hydrogen-bond donors (Lipinski definition) is 0. The molecule has 0 aromatic heterocycles. The Hall–Kier alpha value is 1.20. The maximum absolute atomic E-state index is 2.35. The highest BCUT2D eigenvalue weighted by Crippen LogP contribution is 2.33. The highest BCUT2D eigenvalue weighted by atomic mass is 127. The van der Waals surface area contributed by atoms with Gasteiger partial charge in [-0.15, -0.1) is 0 Å². The Balaban J connectivity index is 2.29. The van der Waals surface area contributed by atoms with Crippen molar-refractivity contribution in [1.82, 2.24) is 0 Å². The van der Waals surface area contributed by atoms with Gasteiger partial charge in [-0.1, -0.05) is 6.08 Å². The quantitative estimate of drug-likeness (QED) is 0.652. The summed E-state index contributed by atoms with van der Waals surface area (Å²) in [4.78, 5) is 0. The lowest BCUT2D eigenvalue weighted by Gasteiger charge is -1.78. The molecular formula is C5H6I2. The van der Waals surface area contributed by atoms with Crippen LogP contribution in [0.4, 0.5) is 0 Å². The molecule has 2 heteroatoms. The highest BCUT2D eigenvalue weighted by molar-refractivity contribution is 14.2. The first kappa shape index (κ1) is 6.32. The second-order valence-electron chi connectivity index (χ2n) is 1.79. The largest absolute Gasteiger partial charge is 0.0618 e. The lowest BCUT2D eigenvalue weighted by atomic mass is 10.4. The van der Waals surface area contributed by atoms with Crippen LogP contribution in [0.2, 0.25) is 0 Å². The molecule has 1 fully saturated rings. The van der Waals surface area contributed by atoms with Crippen molar-refractivity contribution in [2.24, 2.45) is 5.92 Å². The van der Waals surface area contributed by atoms with E-state index in [2.05, 4.69) is 51.3 Å². The van der Waals surface area contributed by atoms with E-state index in [0.717, 1.165) is 5.92 Å². The molecule has 0 amide bonds. The first-order chi connectivity index (χ1) is 3.29. The molecule has 1 rings (SSSR count). The first-order valence-electron chi connectivity index (χ1n) is 2.32. The fourth-order valence-electron chi connectivity index (χ4n) is 0.441. The Kier molecular flexibility index (Phi) is 2.40. The molecule has 1 aliphatic rings. The topological polar surface area (TPSA) is 0 Å². The SMILES string of the molecule is IC(I)=CC1CC1. The molecule has 0 bridgehead atoms. The molecule has 0 aromatic carbocycles. The van der Waals surface area contributed by atoms with Crippen molar-refractivity contribution in [2.45, 2.75) is 12.8 Å². The fraction of sp³-hybridized carbons (Fsp3) is 0.600. The molecule has 7 heavy (non-hydrogen) atoms. The van der Waals surface area contributed by atoms with Crippen molar-refractivity contribution in [3.05, 3.63) is 7.66 Å². The molecule has 0 spiro atoms. The van der Waals surface area contributed by atoms with Gasteiger partial charge in [0.05, 0.1) is 0 Å². The minimum absolute atomic E-state index is 0.948. The summed E-state index contributed by atoms with van der Waals surface area (Å²) in [5.41, 5.74) is 0. The summed E-state index contributed by atoms with van der Waals surface area (Å²) in [7, 11) is 0. The molecule has 0 saturated heterocycles. The summed E-state index contributed by atoms with van der Waals surface area (Å²) >= 11 is 4.69. The smallest absolute Gasteiger partial charge is 0.0477 e. The zero-order valence-corrected chi connectivity index (χ0v) is 8.14. The van der Waals surface area contributed by atoms with Gasteiger partial charge in [-0.05, 0) is 63.9 Å². The van der Waals surface area contributed by atoms with Gasteiger partial charge < -0.3 is 0 Å². The van der Waals surface area contributed by atoms with Crippen molar-refractivity contribution in [3.8, 4) is 0 Å². The molecule has 40 valence electrons. The average molecular weight is 320 g/mol. The van der Waals surface area contributed by atoms with E-state index in [4.69, 9.17) is 0 Å². The van der Waals surface area contributed by atoms with E-state index in [1.165, 1.54) is 14.4 Å². The summed E-state index contributed by atoms with van der Waals surface area (Å²) in [6.45, 7) is 0. The molecule has 0 heterocycles. The van der Waals surface area contributed by atoms with Crippen LogP contribution in [0.5, 0.6) is 0 Å². The molecule has 0 nitrogen and oxygen atoms in total. The zero-order valence-electron chi connectivity index (χ0n) is 3.82. The molecule has 1 saturated carbocycles. The lowest BCUT2D eigenvalue weighted by Crippen LogP contribution is -1.58. The van der Waals surface area contributed by atoms with Crippen LogP contribution < -0.4 is 0 Å². The standard InChI is InChI=1S/C5H6I2/c6-5(7)3-4-1-2-4/h3-4H,1-2H2. The predicted molar refractivity (Wildman–Crippen MR) is 48.8 cm³/mol. The van der Waals surface area contributed by atoms with Crippen molar-refractivity contribution >= 4 is 45.2 Å². The van der Waals surface area contributed by atoms with Gasteiger partial charge >= 0.3 is 0 Å². The van der Waals surface area contributed by atoms with Crippen LogP contribution in [0, 0.1) is 5.92 Å². The fourth-order valence-corrected chi connectivity index (χ4v) is 1.46. The summed E-state index contributed by atoms with van der Waals surface area (Å²) in [6.07, 6.45) is 5.19. The van der Waals surface area contributed by atoms with Gasteiger partial charge in [-0.3, -0.25) is 0 Å². The molecule has 1 aliphatic carbocycles. The Morgan fingerprint density at radius 2 is 2.00 bits per heavy atom. The van der Waals surface area contributed by atoms with Gasteiger partial charge in [0.15, 0.2) is 0 Å². The molecule has 0 radical (unpaired) electrons. The van der Waals surface area contributed by atoms with E-state index in [1.54, 1.807) is 0 Å². The van der Waals surface area contributed by atoms with Crippen LogP contribution in [0.3, 0.4) is 0 Å². The lowest BCUT2D eigenvalue weighted by molar-refractivity contribution is 1.13. The van der Waals surface area contributed by atoms with Crippen LogP contribution in [0.25, 0.3) is 0 Å². The monoisotopic (exact) mass is 320 g/mol. The molecule has 0 atom stereocenters. The molecule has 0 N–H and O–H groups in total. The van der Waals surface area contributed by atoms with Crippen LogP contribution in [-0.2, 0) is 0 Å². The number of hydrogen-bond acceptors (Lipinski definition) is 0. The maximum Gasteiger partial charge on any atom is 0.0477 e. The predicted octanol–water partition coefficient (Wildman–Crippen LogP) is 3.11. The van der Waals surface area contributed by atoms with E-state index < -0.39 is 0 Å². The van der Waals surface area contributed by atoms with Crippen LogP contribution in [0.15, 0.2) is 7.66 Å². The van der Waals surface area contributed by atoms with Crippen molar-refractivity contribution in [2.75, 3.05) is 0 Å². The minimum Gasteiger partial charge on any atom is -0.0618 e. The van der Waals surface area contributed by atoms with Gasteiger partial charge in [-0.2, -0.15) is 0 Å². The van der Waals surface area contributed by atoms with Gasteiger partial charge in [-0.25, -0.2) is 0 Å². The first-order valence-corrected chi connectivity index (χ1v) is 4.47. The van der Waals surface area contributed by atoms with Crippen LogP contribution in [0.1, 0.15) is 12.8 Å². The molecule has 0 aromatic rings. The van der Waals surface area contributed by atoms with Crippen LogP contribution >= 0.6 is 45.2 Å². The Morgan fingerprint density at radius 1 is 1.43 bits per heavy atom. The van der Waals surface area contributed by atoms with E-state index in [1.807, 2.05) is 0 Å². The third kappa shape index (κ3) is 2.90. The Morgan fingerprint density at radius 3 is 2.14 bits per heavy atom. The van der Waals surface area contributed by atoms with E-state index >= 15 is 0 Å². The molecular weight excluding hydrogens is 314 g/mol. The second-order valence-corrected chi connectivity index (χ2v) is 6.18. The third-order valence-electron chi connectivity index (χ3n) is 0.984. The summed E-state index contributed by atoms with van der Waals surface area (Å²) in [5, 5.41) is 0. The number of allylic oxidation sites excluding steroid dienone is 1. The third-order valence-corrected chi connectivity index (χ3v) is 1.70. The van der Waals surface area contributed by atoms with Crippen LogP contribution in [-0.4, -0.2) is 0 Å². The van der Waals surface area contributed by atoms with Crippen molar-refractivity contribution in [3.63, 3.8) is 0 Å². The minimum atomic E-state index is 0.948. The summed E-state index contributed by atoms with van der Waals surface area (Å²) in [6, 6.07) is 0. The van der Waals surface area contributed by atoms with E-state index in [-0.39, 0.29) is 0 Å². The van der Waals surface area contributed by atoms with Gasteiger partial charge in [0.2, 0.25) is 0 Å². The van der Waals surface area contributed by atoms with Gasteiger partial charge in [0.1, 0.15) is 0 Å². The summed E-state index contributed by atoms with van der Waals surface area (Å²) in [5.74, 6) is 0.948. The Bertz CT molecular complexity index is 88.3. The normalized spacial score (nSPS) is 19.1. The zero-order chi connectivity index (χ0) is 5.28. The number of halogens is 2. The van der Waals surface area contributed by atoms with Gasteiger partial charge in [0.25, 0.3) is 0 Å². The summed E-state index contributed by atoms with van der Waals surface area (Å²) < 4.78 is 1.41. The second kappa shape index (κ2) is 2.66. The van der Waals surface area contributed by atoms with Gasteiger partial charge in [0, 0.05) is 1.59 Å². The Labute approximate surface area is 71.0 Å². The van der Waals surface area contributed by atoms with E-state index in [0.29, 0.717) is 0 Å². The number of rotatable bonds is 1.